The van der Waals surface area contributed by atoms with E-state index in [2.05, 4.69) is 12.2 Å². The summed E-state index contributed by atoms with van der Waals surface area (Å²) in [5.74, 6) is 0.169. The van der Waals surface area contributed by atoms with Crippen molar-refractivity contribution in [1.29, 1.82) is 0 Å². The molecule has 1 rings (SSSR count). The molecule has 2 N–H and O–H groups in total. The molecule has 4 heteroatoms. The quantitative estimate of drug-likeness (QED) is 0.725. The molecule has 1 saturated carbocycles. The molecule has 1 amide bonds. The molecule has 0 aromatic rings. The smallest absolute Gasteiger partial charge is 0.309 e. The van der Waals surface area contributed by atoms with E-state index in [0.717, 1.165) is 5.92 Å². The van der Waals surface area contributed by atoms with E-state index in [0.29, 0.717) is 12.5 Å². The summed E-state index contributed by atoms with van der Waals surface area (Å²) in [4.78, 5) is 22.4. The van der Waals surface area contributed by atoms with E-state index in [1.54, 1.807) is 13.8 Å². The van der Waals surface area contributed by atoms with Gasteiger partial charge in [-0.15, -0.1) is 0 Å². The molecule has 0 radical (unpaired) electrons. The molecule has 16 heavy (non-hydrogen) atoms. The SMILES string of the molecule is CC(CNC(=O)CC(C)(C)C(=O)O)C1CC1. The van der Waals surface area contributed by atoms with Crippen molar-refractivity contribution in [3.63, 3.8) is 0 Å². The molecular weight excluding hydrogens is 206 g/mol. The molecule has 1 unspecified atom stereocenters. The number of aliphatic carboxylic acids is 1. The maximum atomic E-state index is 11.5. The molecule has 0 saturated heterocycles. The van der Waals surface area contributed by atoms with Crippen molar-refractivity contribution in [1.82, 2.24) is 5.32 Å². The summed E-state index contributed by atoms with van der Waals surface area (Å²) in [5.41, 5.74) is -0.979. The number of carboxylic acids is 1. The second kappa shape index (κ2) is 4.85. The third-order valence-electron chi connectivity index (χ3n) is 3.23. The van der Waals surface area contributed by atoms with Crippen molar-refractivity contribution in [3.8, 4) is 0 Å². The molecule has 1 aliphatic rings. The second-order valence-corrected chi connectivity index (χ2v) is 5.48. The average molecular weight is 227 g/mol. The number of nitrogens with one attached hydrogen (secondary N) is 1. The summed E-state index contributed by atoms with van der Waals surface area (Å²) < 4.78 is 0. The van der Waals surface area contributed by atoms with Gasteiger partial charge in [-0.25, -0.2) is 0 Å². The van der Waals surface area contributed by atoms with Crippen molar-refractivity contribution < 1.29 is 14.7 Å². The minimum absolute atomic E-state index is 0.0414. The standard InChI is InChI=1S/C12H21NO3/c1-8(9-4-5-9)7-13-10(14)6-12(2,3)11(15)16/h8-9H,4-7H2,1-3H3,(H,13,14)(H,15,16). The molecule has 0 bridgehead atoms. The molecule has 0 aromatic heterocycles. The van der Waals surface area contributed by atoms with Crippen LogP contribution in [-0.2, 0) is 9.59 Å². The van der Waals surface area contributed by atoms with Crippen LogP contribution in [0.3, 0.4) is 0 Å². The molecule has 1 fully saturated rings. The maximum absolute atomic E-state index is 11.5. The fraction of sp³-hybridized carbons (Fsp3) is 0.833. The van der Waals surface area contributed by atoms with Crippen molar-refractivity contribution in [2.45, 2.75) is 40.0 Å². The highest BCUT2D eigenvalue weighted by Gasteiger charge is 2.31. The van der Waals surface area contributed by atoms with Crippen molar-refractivity contribution >= 4 is 11.9 Å². The molecule has 92 valence electrons. The minimum Gasteiger partial charge on any atom is -0.481 e. The molecule has 0 aromatic carbocycles. The van der Waals surface area contributed by atoms with Gasteiger partial charge in [0.2, 0.25) is 5.91 Å². The van der Waals surface area contributed by atoms with Gasteiger partial charge in [0.05, 0.1) is 5.41 Å². The predicted octanol–water partition coefficient (Wildman–Crippen LogP) is 1.65. The Bertz CT molecular complexity index is 282. The molecule has 0 heterocycles. The van der Waals surface area contributed by atoms with E-state index >= 15 is 0 Å². The van der Waals surface area contributed by atoms with Gasteiger partial charge < -0.3 is 10.4 Å². The van der Waals surface area contributed by atoms with Crippen LogP contribution in [0.4, 0.5) is 0 Å². The first kappa shape index (κ1) is 13.0. The summed E-state index contributed by atoms with van der Waals surface area (Å²) in [7, 11) is 0. The zero-order valence-corrected chi connectivity index (χ0v) is 10.2. The third-order valence-corrected chi connectivity index (χ3v) is 3.23. The highest BCUT2D eigenvalue weighted by molar-refractivity contribution is 5.84. The van der Waals surface area contributed by atoms with E-state index in [1.165, 1.54) is 12.8 Å². The van der Waals surface area contributed by atoms with Gasteiger partial charge in [0.25, 0.3) is 0 Å². The van der Waals surface area contributed by atoms with E-state index in [4.69, 9.17) is 5.11 Å². The Morgan fingerprint density at radius 1 is 1.44 bits per heavy atom. The summed E-state index contributed by atoms with van der Waals surface area (Å²) >= 11 is 0. The Hall–Kier alpha value is -1.06. The van der Waals surface area contributed by atoms with E-state index in [-0.39, 0.29) is 12.3 Å². The number of hydrogen-bond donors (Lipinski definition) is 2. The highest BCUT2D eigenvalue weighted by atomic mass is 16.4. The summed E-state index contributed by atoms with van der Waals surface area (Å²) in [5, 5.41) is 11.7. The van der Waals surface area contributed by atoms with Gasteiger partial charge in [0.1, 0.15) is 0 Å². The highest BCUT2D eigenvalue weighted by Crippen LogP contribution is 2.36. The number of rotatable bonds is 6. The number of amides is 1. The average Bonchev–Trinajstić information content (AvgIpc) is 2.96. The lowest BCUT2D eigenvalue weighted by molar-refractivity contribution is -0.149. The molecule has 0 spiro atoms. The first-order chi connectivity index (χ1) is 7.33. The second-order valence-electron chi connectivity index (χ2n) is 5.48. The van der Waals surface area contributed by atoms with Gasteiger partial charge in [-0.05, 0) is 38.5 Å². The monoisotopic (exact) mass is 227 g/mol. The van der Waals surface area contributed by atoms with Crippen LogP contribution in [0.25, 0.3) is 0 Å². The van der Waals surface area contributed by atoms with Crippen molar-refractivity contribution in [2.75, 3.05) is 6.54 Å². The Morgan fingerprint density at radius 2 is 2.00 bits per heavy atom. The van der Waals surface area contributed by atoms with Crippen LogP contribution in [0.1, 0.15) is 40.0 Å². The lowest BCUT2D eigenvalue weighted by atomic mass is 9.89. The molecule has 1 atom stereocenters. The van der Waals surface area contributed by atoms with Crippen LogP contribution in [0.5, 0.6) is 0 Å². The van der Waals surface area contributed by atoms with Gasteiger partial charge >= 0.3 is 5.97 Å². The first-order valence-corrected chi connectivity index (χ1v) is 5.83. The van der Waals surface area contributed by atoms with Gasteiger partial charge in [0, 0.05) is 13.0 Å². The summed E-state index contributed by atoms with van der Waals surface area (Å²) in [6.45, 7) is 5.93. The van der Waals surface area contributed by atoms with Crippen molar-refractivity contribution in [3.05, 3.63) is 0 Å². The third kappa shape index (κ3) is 3.83. The van der Waals surface area contributed by atoms with Gasteiger partial charge in [-0.1, -0.05) is 6.92 Å². The zero-order valence-electron chi connectivity index (χ0n) is 10.2. The van der Waals surface area contributed by atoms with Gasteiger partial charge in [-0.3, -0.25) is 9.59 Å². The van der Waals surface area contributed by atoms with Crippen molar-refractivity contribution in [2.24, 2.45) is 17.3 Å². The van der Waals surface area contributed by atoms with Crippen LogP contribution in [0.2, 0.25) is 0 Å². The largest absolute Gasteiger partial charge is 0.481 e. The van der Waals surface area contributed by atoms with Gasteiger partial charge in [-0.2, -0.15) is 0 Å². The lowest BCUT2D eigenvalue weighted by Gasteiger charge is -2.19. The zero-order chi connectivity index (χ0) is 12.3. The Kier molecular flexibility index (Phi) is 3.94. The van der Waals surface area contributed by atoms with E-state index in [1.807, 2.05) is 0 Å². The Labute approximate surface area is 96.4 Å². The number of carbonyl (C=O) groups is 2. The number of carboxylic acid groups (broad SMARTS) is 1. The normalized spacial score (nSPS) is 17.9. The summed E-state index contributed by atoms with van der Waals surface area (Å²) in [6.07, 6.45) is 2.56. The predicted molar refractivity (Wildman–Crippen MR) is 60.9 cm³/mol. The molecule has 4 nitrogen and oxygen atoms in total. The van der Waals surface area contributed by atoms with Crippen LogP contribution in [0, 0.1) is 17.3 Å². The fourth-order valence-electron chi connectivity index (χ4n) is 1.65. The van der Waals surface area contributed by atoms with Crippen LogP contribution >= 0.6 is 0 Å². The molecule has 1 aliphatic carbocycles. The lowest BCUT2D eigenvalue weighted by Crippen LogP contribution is -2.35. The Morgan fingerprint density at radius 3 is 2.44 bits per heavy atom. The topological polar surface area (TPSA) is 66.4 Å². The van der Waals surface area contributed by atoms with Crippen LogP contribution in [0.15, 0.2) is 0 Å². The van der Waals surface area contributed by atoms with Gasteiger partial charge in [0.15, 0.2) is 0 Å². The first-order valence-electron chi connectivity index (χ1n) is 5.83. The minimum atomic E-state index is -0.979. The maximum Gasteiger partial charge on any atom is 0.309 e. The van der Waals surface area contributed by atoms with E-state index in [9.17, 15) is 9.59 Å². The van der Waals surface area contributed by atoms with E-state index < -0.39 is 11.4 Å². The molecular formula is C12H21NO3. The number of carbonyl (C=O) groups excluding carboxylic acids is 1. The van der Waals surface area contributed by atoms with Crippen LogP contribution in [-0.4, -0.2) is 23.5 Å². The molecule has 0 aliphatic heterocycles. The van der Waals surface area contributed by atoms with Crippen LogP contribution < -0.4 is 5.32 Å². The fourth-order valence-corrected chi connectivity index (χ4v) is 1.65. The Balaban J connectivity index is 2.27. The number of hydrogen-bond acceptors (Lipinski definition) is 2. The summed E-state index contributed by atoms with van der Waals surface area (Å²) in [6, 6.07) is 0.